The molecule has 0 bridgehead atoms. The number of carbonyl (C=O) groups excluding carboxylic acids is 1. The van der Waals surface area contributed by atoms with E-state index in [1.807, 2.05) is 38.3 Å². The van der Waals surface area contributed by atoms with E-state index in [1.165, 1.54) is 0 Å². The molecular weight excluding hydrogens is 332 g/mol. The van der Waals surface area contributed by atoms with Gasteiger partial charge in [-0.25, -0.2) is 4.98 Å². The van der Waals surface area contributed by atoms with Gasteiger partial charge in [-0.15, -0.1) is 11.3 Å². The Hall–Kier alpha value is -1.59. The summed E-state index contributed by atoms with van der Waals surface area (Å²) in [6, 6.07) is 3.69. The molecule has 0 aliphatic carbocycles. The highest BCUT2D eigenvalue weighted by Crippen LogP contribution is 2.26. The summed E-state index contributed by atoms with van der Waals surface area (Å²) < 4.78 is 5.72. The Bertz CT molecular complexity index is 677. The highest BCUT2D eigenvalue weighted by Gasteiger charge is 2.15. The third-order valence-electron chi connectivity index (χ3n) is 3.44. The van der Waals surface area contributed by atoms with E-state index in [9.17, 15) is 4.79 Å². The molecule has 23 heavy (non-hydrogen) atoms. The second-order valence-corrected chi connectivity index (χ2v) is 6.97. The summed E-state index contributed by atoms with van der Waals surface area (Å²) in [5.41, 5.74) is 2.88. The van der Waals surface area contributed by atoms with Gasteiger partial charge in [-0.3, -0.25) is 4.79 Å². The molecule has 6 heteroatoms. The number of hydrogen-bond donors (Lipinski definition) is 1. The maximum atomic E-state index is 12.1. The van der Waals surface area contributed by atoms with E-state index in [2.05, 4.69) is 10.3 Å². The van der Waals surface area contributed by atoms with Gasteiger partial charge in [0.2, 0.25) is 0 Å². The average molecular weight is 353 g/mol. The quantitative estimate of drug-likeness (QED) is 0.859. The molecule has 124 valence electrons. The van der Waals surface area contributed by atoms with Crippen molar-refractivity contribution in [2.75, 3.05) is 6.54 Å². The molecule has 0 aliphatic heterocycles. The molecule has 2 rings (SSSR count). The van der Waals surface area contributed by atoms with Crippen LogP contribution in [-0.2, 0) is 11.2 Å². The minimum absolute atomic E-state index is 0.137. The first-order chi connectivity index (χ1) is 10.9. The molecule has 1 aromatic carbocycles. The summed E-state index contributed by atoms with van der Waals surface area (Å²) in [5.74, 6) is 0.518. The van der Waals surface area contributed by atoms with Crippen LogP contribution < -0.4 is 10.1 Å². The normalized spacial score (nSPS) is 12.0. The van der Waals surface area contributed by atoms with Crippen molar-refractivity contribution in [1.29, 1.82) is 0 Å². The first kappa shape index (κ1) is 17.8. The van der Waals surface area contributed by atoms with Crippen LogP contribution in [0, 0.1) is 20.8 Å². The highest BCUT2D eigenvalue weighted by molar-refractivity contribution is 7.09. The fraction of sp³-hybridized carbons (Fsp3) is 0.412. The molecular formula is C17H21ClN2O2S. The summed E-state index contributed by atoms with van der Waals surface area (Å²) in [7, 11) is 0. The molecule has 0 saturated carbocycles. The van der Waals surface area contributed by atoms with Gasteiger partial charge in [0.15, 0.2) is 6.10 Å². The molecule has 4 nitrogen and oxygen atoms in total. The number of thiazole rings is 1. The summed E-state index contributed by atoms with van der Waals surface area (Å²) in [5, 5.41) is 6.66. The summed E-state index contributed by atoms with van der Waals surface area (Å²) in [6.07, 6.45) is 0.161. The number of carbonyl (C=O) groups is 1. The van der Waals surface area contributed by atoms with Gasteiger partial charge < -0.3 is 10.1 Å². The van der Waals surface area contributed by atoms with Gasteiger partial charge in [0.1, 0.15) is 5.75 Å². The number of benzene rings is 1. The van der Waals surface area contributed by atoms with Gasteiger partial charge in [0.05, 0.1) is 10.7 Å². The molecule has 0 aliphatic rings. The topological polar surface area (TPSA) is 51.2 Å². The molecule has 1 heterocycles. The lowest BCUT2D eigenvalue weighted by Gasteiger charge is -2.16. The van der Waals surface area contributed by atoms with Crippen molar-refractivity contribution >= 4 is 28.8 Å². The summed E-state index contributed by atoms with van der Waals surface area (Å²) in [4.78, 5) is 16.5. The maximum absolute atomic E-state index is 12.1. The van der Waals surface area contributed by atoms with Gasteiger partial charge in [0, 0.05) is 23.4 Å². The second-order valence-electron chi connectivity index (χ2n) is 5.53. The van der Waals surface area contributed by atoms with Crippen LogP contribution in [0.15, 0.2) is 17.5 Å². The number of halogens is 1. The van der Waals surface area contributed by atoms with Crippen LogP contribution in [0.1, 0.15) is 28.8 Å². The van der Waals surface area contributed by atoms with Crippen LogP contribution in [0.2, 0.25) is 5.02 Å². The van der Waals surface area contributed by atoms with Gasteiger partial charge in [-0.05, 0) is 51.0 Å². The van der Waals surface area contributed by atoms with Crippen molar-refractivity contribution in [2.45, 2.75) is 40.2 Å². The van der Waals surface area contributed by atoms with E-state index < -0.39 is 6.10 Å². The van der Waals surface area contributed by atoms with Gasteiger partial charge >= 0.3 is 0 Å². The Morgan fingerprint density at radius 2 is 2.00 bits per heavy atom. The number of aryl methyl sites for hydroxylation is 3. The van der Waals surface area contributed by atoms with Crippen LogP contribution in [0.4, 0.5) is 0 Å². The number of hydrogen-bond acceptors (Lipinski definition) is 4. The first-order valence-electron chi connectivity index (χ1n) is 7.49. The summed E-state index contributed by atoms with van der Waals surface area (Å²) in [6.45, 7) is 8.10. The fourth-order valence-corrected chi connectivity index (χ4v) is 2.97. The minimum atomic E-state index is -0.563. The Labute approximate surface area is 145 Å². The third-order valence-corrected chi connectivity index (χ3v) is 4.86. The molecule has 0 radical (unpaired) electrons. The van der Waals surface area contributed by atoms with Crippen molar-refractivity contribution in [1.82, 2.24) is 10.3 Å². The zero-order valence-electron chi connectivity index (χ0n) is 13.8. The van der Waals surface area contributed by atoms with E-state index in [-0.39, 0.29) is 5.91 Å². The monoisotopic (exact) mass is 352 g/mol. The van der Waals surface area contributed by atoms with Gasteiger partial charge in [-0.1, -0.05) is 11.6 Å². The maximum Gasteiger partial charge on any atom is 0.260 e. The number of nitrogens with zero attached hydrogens (tertiary/aromatic N) is 1. The van der Waals surface area contributed by atoms with Crippen LogP contribution in [0.25, 0.3) is 0 Å². The largest absolute Gasteiger partial charge is 0.481 e. The molecule has 0 fully saturated rings. The minimum Gasteiger partial charge on any atom is -0.481 e. The Balaban J connectivity index is 1.85. The SMILES string of the molecule is Cc1nc(CCNC(=O)[C@@H](C)Oc2cc(C)c(Cl)c(C)c2)cs1. The van der Waals surface area contributed by atoms with Crippen molar-refractivity contribution < 1.29 is 9.53 Å². The molecule has 1 atom stereocenters. The van der Waals surface area contributed by atoms with E-state index in [4.69, 9.17) is 16.3 Å². The molecule has 0 spiro atoms. The van der Waals surface area contributed by atoms with E-state index in [1.54, 1.807) is 18.3 Å². The highest BCUT2D eigenvalue weighted by atomic mass is 35.5. The predicted octanol–water partition coefficient (Wildman–Crippen LogP) is 3.85. The number of amides is 1. The Morgan fingerprint density at radius 1 is 1.35 bits per heavy atom. The van der Waals surface area contributed by atoms with E-state index in [0.717, 1.165) is 33.3 Å². The summed E-state index contributed by atoms with van der Waals surface area (Å²) >= 11 is 7.75. The average Bonchev–Trinajstić information content (AvgIpc) is 2.90. The van der Waals surface area contributed by atoms with Crippen LogP contribution >= 0.6 is 22.9 Å². The zero-order valence-corrected chi connectivity index (χ0v) is 15.3. The standard InChI is InChI=1S/C17H21ClN2O2S/c1-10-7-15(8-11(2)16(10)18)22-12(3)17(21)19-6-5-14-9-23-13(4)20-14/h7-9,12H,5-6H2,1-4H3,(H,19,21)/t12-/m1/s1. The van der Waals surface area contributed by atoms with Crippen molar-refractivity contribution in [3.05, 3.63) is 44.4 Å². The predicted molar refractivity (Wildman–Crippen MR) is 94.6 cm³/mol. The van der Waals surface area contributed by atoms with Gasteiger partial charge in [0.25, 0.3) is 5.91 Å². The Morgan fingerprint density at radius 3 is 2.57 bits per heavy atom. The zero-order chi connectivity index (χ0) is 17.0. The lowest BCUT2D eigenvalue weighted by atomic mass is 10.1. The second kappa shape index (κ2) is 7.79. The number of ether oxygens (including phenoxy) is 1. The number of nitrogens with one attached hydrogen (secondary N) is 1. The first-order valence-corrected chi connectivity index (χ1v) is 8.74. The lowest BCUT2D eigenvalue weighted by molar-refractivity contribution is -0.127. The molecule has 1 aromatic heterocycles. The van der Waals surface area contributed by atoms with E-state index in [0.29, 0.717) is 12.3 Å². The number of aromatic nitrogens is 1. The van der Waals surface area contributed by atoms with Crippen molar-refractivity contribution in [3.8, 4) is 5.75 Å². The fourth-order valence-electron chi connectivity index (χ4n) is 2.21. The van der Waals surface area contributed by atoms with Crippen LogP contribution in [-0.4, -0.2) is 23.5 Å². The van der Waals surface area contributed by atoms with Crippen molar-refractivity contribution in [2.24, 2.45) is 0 Å². The van der Waals surface area contributed by atoms with Crippen molar-refractivity contribution in [3.63, 3.8) is 0 Å². The lowest BCUT2D eigenvalue weighted by Crippen LogP contribution is -2.37. The Kier molecular flexibility index (Phi) is 6.02. The smallest absolute Gasteiger partial charge is 0.260 e. The van der Waals surface area contributed by atoms with Crippen LogP contribution in [0.3, 0.4) is 0 Å². The third kappa shape index (κ3) is 4.94. The number of rotatable bonds is 6. The molecule has 1 N–H and O–H groups in total. The molecule has 0 unspecified atom stereocenters. The van der Waals surface area contributed by atoms with Gasteiger partial charge in [-0.2, -0.15) is 0 Å². The van der Waals surface area contributed by atoms with Crippen LogP contribution in [0.5, 0.6) is 5.75 Å². The molecule has 0 saturated heterocycles. The molecule has 2 aromatic rings. The van der Waals surface area contributed by atoms with E-state index >= 15 is 0 Å². The molecule has 1 amide bonds.